The maximum absolute atomic E-state index is 12.6. The second-order valence-corrected chi connectivity index (χ2v) is 8.21. The van der Waals surface area contributed by atoms with E-state index < -0.39 is 0 Å². The van der Waals surface area contributed by atoms with Crippen LogP contribution in [-0.2, 0) is 35.0 Å². The van der Waals surface area contributed by atoms with Crippen LogP contribution >= 0.6 is 0 Å². The number of aryl methyl sites for hydroxylation is 1. The first-order valence-corrected chi connectivity index (χ1v) is 9.58. The molecule has 2 atom stereocenters. The van der Waals surface area contributed by atoms with Crippen molar-refractivity contribution in [3.05, 3.63) is 53.6 Å². The lowest BCUT2D eigenvalue weighted by atomic mass is 9.86. The number of aliphatic hydroxyl groups is 1. The van der Waals surface area contributed by atoms with Crippen LogP contribution in [0.3, 0.4) is 0 Å². The Balaban J connectivity index is 1.98. The minimum atomic E-state index is -0.334. The molecule has 5 heteroatoms. The van der Waals surface area contributed by atoms with Crippen molar-refractivity contribution in [2.24, 2.45) is 18.9 Å². The van der Waals surface area contributed by atoms with Crippen LogP contribution in [0.5, 0.6) is 0 Å². The van der Waals surface area contributed by atoms with E-state index in [9.17, 15) is 9.90 Å². The Morgan fingerprint density at radius 2 is 1.93 bits per heavy atom. The van der Waals surface area contributed by atoms with E-state index in [1.165, 1.54) is 5.56 Å². The van der Waals surface area contributed by atoms with Gasteiger partial charge in [-0.1, -0.05) is 52.0 Å². The van der Waals surface area contributed by atoms with Crippen LogP contribution in [0.2, 0.25) is 0 Å². The Hall–Kier alpha value is -2.14. The van der Waals surface area contributed by atoms with Crippen LogP contribution in [0.15, 0.2) is 36.8 Å². The highest BCUT2D eigenvalue weighted by Gasteiger charge is 2.28. The summed E-state index contributed by atoms with van der Waals surface area (Å²) in [6.45, 7) is 8.67. The number of ether oxygens (including phenoxy) is 1. The highest BCUT2D eigenvalue weighted by atomic mass is 16.5. The fourth-order valence-corrected chi connectivity index (χ4v) is 3.24. The van der Waals surface area contributed by atoms with Crippen LogP contribution in [0.4, 0.5) is 0 Å². The molecule has 1 aromatic carbocycles. The van der Waals surface area contributed by atoms with E-state index in [4.69, 9.17) is 4.74 Å². The molecule has 2 rings (SSSR count). The average molecular weight is 373 g/mol. The molecular formula is C22H32N2O3. The Bertz CT molecular complexity index is 729. The number of aromatic nitrogens is 2. The van der Waals surface area contributed by atoms with Gasteiger partial charge in [0.15, 0.2) is 0 Å². The summed E-state index contributed by atoms with van der Waals surface area (Å²) in [7, 11) is 1.91. The molecule has 27 heavy (non-hydrogen) atoms. The number of hydrogen-bond donors (Lipinski definition) is 1. The lowest BCUT2D eigenvalue weighted by Gasteiger charge is -2.23. The van der Waals surface area contributed by atoms with Gasteiger partial charge in [0.05, 0.1) is 12.2 Å². The van der Waals surface area contributed by atoms with Gasteiger partial charge in [0.25, 0.3) is 0 Å². The number of rotatable bonds is 8. The van der Waals surface area contributed by atoms with Crippen molar-refractivity contribution in [1.29, 1.82) is 0 Å². The van der Waals surface area contributed by atoms with Gasteiger partial charge in [0.1, 0.15) is 6.61 Å². The number of hydrogen-bond acceptors (Lipinski definition) is 4. The fourth-order valence-electron chi connectivity index (χ4n) is 3.24. The number of imidazole rings is 1. The van der Waals surface area contributed by atoms with Crippen LogP contribution in [0.1, 0.15) is 50.9 Å². The molecule has 0 fully saturated rings. The van der Waals surface area contributed by atoms with Crippen molar-refractivity contribution in [2.45, 2.75) is 52.6 Å². The molecule has 0 aliphatic heterocycles. The third-order valence-electron chi connectivity index (χ3n) is 5.13. The average Bonchev–Trinajstić information content (AvgIpc) is 3.04. The molecule has 148 valence electrons. The summed E-state index contributed by atoms with van der Waals surface area (Å²) in [5.74, 6) is -0.765. The molecule has 0 aliphatic carbocycles. The molecule has 5 nitrogen and oxygen atoms in total. The monoisotopic (exact) mass is 372 g/mol. The third kappa shape index (κ3) is 5.67. The normalized spacial score (nSPS) is 14.0. The number of benzene rings is 1. The van der Waals surface area contributed by atoms with Gasteiger partial charge in [-0.2, -0.15) is 0 Å². The summed E-state index contributed by atoms with van der Waals surface area (Å²) < 4.78 is 7.48. The van der Waals surface area contributed by atoms with Crippen LogP contribution in [0, 0.1) is 11.8 Å². The van der Waals surface area contributed by atoms with Gasteiger partial charge in [-0.25, -0.2) is 4.98 Å². The molecule has 2 aromatic rings. The highest BCUT2D eigenvalue weighted by Crippen LogP contribution is 2.24. The Kier molecular flexibility index (Phi) is 7.19. The van der Waals surface area contributed by atoms with Crippen molar-refractivity contribution in [2.75, 3.05) is 6.61 Å². The molecule has 0 spiro atoms. The molecule has 1 aromatic heterocycles. The molecule has 0 saturated carbocycles. The zero-order valence-corrected chi connectivity index (χ0v) is 17.1. The molecule has 0 aliphatic rings. The van der Waals surface area contributed by atoms with E-state index in [0.717, 1.165) is 11.3 Å². The molecule has 0 saturated heterocycles. The van der Waals surface area contributed by atoms with Gasteiger partial charge in [0, 0.05) is 31.5 Å². The number of carbonyl (C=O) groups is 1. The van der Waals surface area contributed by atoms with E-state index in [1.807, 2.05) is 30.7 Å². The van der Waals surface area contributed by atoms with E-state index in [1.54, 1.807) is 12.5 Å². The largest absolute Gasteiger partial charge is 0.461 e. The predicted octanol–water partition coefficient (Wildman–Crippen LogP) is 3.64. The number of esters is 1. The van der Waals surface area contributed by atoms with E-state index in [-0.39, 0.29) is 36.4 Å². The maximum Gasteiger partial charge on any atom is 0.309 e. The van der Waals surface area contributed by atoms with Crippen molar-refractivity contribution in [3.8, 4) is 0 Å². The SMILES string of the molecule is CCC(C(=O)OCc1ccc(C(C)(C)C)cc1)C(CO)Cc1cncn1C. The van der Waals surface area contributed by atoms with Gasteiger partial charge >= 0.3 is 5.97 Å². The highest BCUT2D eigenvalue weighted by molar-refractivity contribution is 5.72. The number of aliphatic hydroxyl groups excluding tert-OH is 1. The Morgan fingerprint density at radius 1 is 1.26 bits per heavy atom. The quantitative estimate of drug-likeness (QED) is 0.719. The van der Waals surface area contributed by atoms with Crippen molar-refractivity contribution >= 4 is 5.97 Å². The van der Waals surface area contributed by atoms with Crippen molar-refractivity contribution in [1.82, 2.24) is 9.55 Å². The summed E-state index contributed by atoms with van der Waals surface area (Å²) in [4.78, 5) is 16.7. The maximum atomic E-state index is 12.6. The summed E-state index contributed by atoms with van der Waals surface area (Å²) >= 11 is 0. The van der Waals surface area contributed by atoms with E-state index in [0.29, 0.717) is 12.8 Å². The van der Waals surface area contributed by atoms with Crippen LogP contribution < -0.4 is 0 Å². The zero-order chi connectivity index (χ0) is 20.0. The minimum Gasteiger partial charge on any atom is -0.461 e. The molecule has 0 amide bonds. The zero-order valence-electron chi connectivity index (χ0n) is 17.1. The lowest BCUT2D eigenvalue weighted by molar-refractivity contribution is -0.152. The fraction of sp³-hybridized carbons (Fsp3) is 0.545. The summed E-state index contributed by atoms with van der Waals surface area (Å²) in [6.07, 6.45) is 4.73. The molecule has 2 unspecified atom stereocenters. The van der Waals surface area contributed by atoms with E-state index >= 15 is 0 Å². The van der Waals surface area contributed by atoms with Gasteiger partial charge in [-0.15, -0.1) is 0 Å². The van der Waals surface area contributed by atoms with Gasteiger partial charge < -0.3 is 14.4 Å². The van der Waals surface area contributed by atoms with Gasteiger partial charge in [-0.05, 0) is 29.4 Å². The topological polar surface area (TPSA) is 64.3 Å². The van der Waals surface area contributed by atoms with Crippen LogP contribution in [-0.4, -0.2) is 27.2 Å². The minimum absolute atomic E-state index is 0.0565. The number of carbonyl (C=O) groups excluding carboxylic acids is 1. The standard InChI is InChI=1S/C22H32N2O3/c1-6-20(17(13-25)11-19-12-23-15-24(19)5)21(26)27-14-16-7-9-18(10-8-16)22(2,3)4/h7-10,12,15,17,20,25H,6,11,13-14H2,1-5H3. The lowest BCUT2D eigenvalue weighted by Crippen LogP contribution is -2.29. The molecular weight excluding hydrogens is 340 g/mol. The van der Waals surface area contributed by atoms with E-state index in [2.05, 4.69) is 37.9 Å². The predicted molar refractivity (Wildman–Crippen MR) is 106 cm³/mol. The van der Waals surface area contributed by atoms with Crippen LogP contribution in [0.25, 0.3) is 0 Å². The number of nitrogens with zero attached hydrogens (tertiary/aromatic N) is 2. The first-order chi connectivity index (χ1) is 12.8. The summed E-state index contributed by atoms with van der Waals surface area (Å²) in [5, 5.41) is 9.82. The molecule has 0 bridgehead atoms. The molecule has 1 heterocycles. The molecule has 0 radical (unpaired) electrons. The molecule has 1 N–H and O–H groups in total. The summed E-state index contributed by atoms with van der Waals surface area (Å²) in [6, 6.07) is 8.18. The Labute approximate surface area is 162 Å². The smallest absolute Gasteiger partial charge is 0.309 e. The first-order valence-electron chi connectivity index (χ1n) is 9.58. The van der Waals surface area contributed by atoms with Crippen molar-refractivity contribution in [3.63, 3.8) is 0 Å². The second-order valence-electron chi connectivity index (χ2n) is 8.21. The summed E-state index contributed by atoms with van der Waals surface area (Å²) in [5.41, 5.74) is 3.32. The Morgan fingerprint density at radius 3 is 2.41 bits per heavy atom. The van der Waals surface area contributed by atoms with Gasteiger partial charge in [-0.3, -0.25) is 4.79 Å². The van der Waals surface area contributed by atoms with Crippen molar-refractivity contribution < 1.29 is 14.6 Å². The first kappa shape index (κ1) is 21.2. The second kappa shape index (κ2) is 9.18. The van der Waals surface area contributed by atoms with Gasteiger partial charge in [0.2, 0.25) is 0 Å². The third-order valence-corrected chi connectivity index (χ3v) is 5.13.